The Balaban J connectivity index is 2.02. The van der Waals surface area contributed by atoms with Gasteiger partial charge in [0.2, 0.25) is 11.8 Å². The minimum absolute atomic E-state index is 0.0262. The standard InChI is InChI=1S/C21H26N2O4/c1-15-9-10-20(27-4)18(13-15)22-21(25)14-23(16(2)24)12-11-17-7-5-6-8-19(17)26-3/h5-10,13H,11-12,14H2,1-4H3,(H,22,25). The van der Waals surface area contributed by atoms with E-state index in [-0.39, 0.29) is 18.4 Å². The number of amides is 2. The number of carbonyl (C=O) groups excluding carboxylic acids is 2. The monoisotopic (exact) mass is 370 g/mol. The van der Waals surface area contributed by atoms with Crippen molar-refractivity contribution in [2.45, 2.75) is 20.3 Å². The van der Waals surface area contributed by atoms with Crippen LogP contribution in [0.15, 0.2) is 42.5 Å². The van der Waals surface area contributed by atoms with Crippen LogP contribution in [0.5, 0.6) is 11.5 Å². The minimum atomic E-state index is -0.269. The van der Waals surface area contributed by atoms with Crippen LogP contribution >= 0.6 is 0 Å². The van der Waals surface area contributed by atoms with E-state index in [4.69, 9.17) is 9.47 Å². The highest BCUT2D eigenvalue weighted by molar-refractivity contribution is 5.95. The SMILES string of the molecule is COc1ccccc1CCN(CC(=O)Nc1cc(C)ccc1OC)C(C)=O. The van der Waals surface area contributed by atoms with Crippen molar-refractivity contribution < 1.29 is 19.1 Å². The third-order valence-corrected chi connectivity index (χ3v) is 4.25. The number of methoxy groups -OCH3 is 2. The molecule has 0 fully saturated rings. The van der Waals surface area contributed by atoms with E-state index in [0.29, 0.717) is 24.4 Å². The van der Waals surface area contributed by atoms with E-state index < -0.39 is 0 Å². The summed E-state index contributed by atoms with van der Waals surface area (Å²) >= 11 is 0. The molecule has 2 rings (SSSR count). The zero-order valence-corrected chi connectivity index (χ0v) is 16.2. The fourth-order valence-electron chi connectivity index (χ4n) is 2.80. The average molecular weight is 370 g/mol. The van der Waals surface area contributed by atoms with E-state index in [9.17, 15) is 9.59 Å². The average Bonchev–Trinajstić information content (AvgIpc) is 2.65. The van der Waals surface area contributed by atoms with Crippen LogP contribution in [-0.4, -0.2) is 44.0 Å². The lowest BCUT2D eigenvalue weighted by Crippen LogP contribution is -2.38. The molecule has 0 saturated heterocycles. The maximum Gasteiger partial charge on any atom is 0.244 e. The van der Waals surface area contributed by atoms with Gasteiger partial charge in [0.05, 0.1) is 26.5 Å². The molecular weight excluding hydrogens is 344 g/mol. The number of aryl methyl sites for hydroxylation is 1. The first-order chi connectivity index (χ1) is 12.9. The van der Waals surface area contributed by atoms with Crippen molar-refractivity contribution in [3.63, 3.8) is 0 Å². The Morgan fingerprint density at radius 2 is 1.74 bits per heavy atom. The largest absolute Gasteiger partial charge is 0.496 e. The fourth-order valence-corrected chi connectivity index (χ4v) is 2.80. The van der Waals surface area contributed by atoms with Gasteiger partial charge < -0.3 is 19.7 Å². The molecule has 0 spiro atoms. The molecule has 6 heteroatoms. The van der Waals surface area contributed by atoms with Gasteiger partial charge in [-0.25, -0.2) is 0 Å². The molecule has 6 nitrogen and oxygen atoms in total. The van der Waals surface area contributed by atoms with Gasteiger partial charge in [-0.2, -0.15) is 0 Å². The number of benzene rings is 2. The lowest BCUT2D eigenvalue weighted by Gasteiger charge is -2.21. The molecule has 1 N–H and O–H groups in total. The number of nitrogens with zero attached hydrogens (tertiary/aromatic N) is 1. The number of rotatable bonds is 8. The Morgan fingerprint density at radius 3 is 2.41 bits per heavy atom. The molecule has 27 heavy (non-hydrogen) atoms. The second kappa shape index (κ2) is 9.62. The van der Waals surface area contributed by atoms with Crippen molar-refractivity contribution in [3.05, 3.63) is 53.6 Å². The van der Waals surface area contributed by atoms with E-state index in [1.54, 1.807) is 20.3 Å². The van der Waals surface area contributed by atoms with Gasteiger partial charge in [0.15, 0.2) is 0 Å². The van der Waals surface area contributed by atoms with E-state index >= 15 is 0 Å². The van der Waals surface area contributed by atoms with Crippen LogP contribution in [-0.2, 0) is 16.0 Å². The van der Waals surface area contributed by atoms with E-state index in [2.05, 4.69) is 5.32 Å². The molecule has 0 radical (unpaired) electrons. The molecule has 144 valence electrons. The number of hydrogen-bond donors (Lipinski definition) is 1. The predicted octanol–water partition coefficient (Wildman–Crippen LogP) is 3.04. The highest BCUT2D eigenvalue weighted by Crippen LogP contribution is 2.25. The molecule has 2 aromatic rings. The lowest BCUT2D eigenvalue weighted by atomic mass is 10.1. The summed E-state index contributed by atoms with van der Waals surface area (Å²) < 4.78 is 10.6. The van der Waals surface area contributed by atoms with Gasteiger partial charge in [0, 0.05) is 13.5 Å². The van der Waals surface area contributed by atoms with Crippen molar-refractivity contribution in [1.82, 2.24) is 4.90 Å². The summed E-state index contributed by atoms with van der Waals surface area (Å²) in [6.45, 7) is 3.79. The molecule has 2 amide bonds. The van der Waals surface area contributed by atoms with Gasteiger partial charge in [-0.3, -0.25) is 9.59 Å². The Hall–Kier alpha value is -3.02. The molecule has 0 aliphatic heterocycles. The Bertz CT molecular complexity index is 805. The first-order valence-corrected chi connectivity index (χ1v) is 8.76. The highest BCUT2D eigenvalue weighted by atomic mass is 16.5. The second-order valence-electron chi connectivity index (χ2n) is 6.25. The summed E-state index contributed by atoms with van der Waals surface area (Å²) in [5.74, 6) is 0.928. The van der Waals surface area contributed by atoms with E-state index in [0.717, 1.165) is 16.9 Å². The van der Waals surface area contributed by atoms with Gasteiger partial charge in [0.25, 0.3) is 0 Å². The molecule has 0 aliphatic carbocycles. The molecular formula is C21H26N2O4. The van der Waals surface area contributed by atoms with Gasteiger partial charge in [-0.15, -0.1) is 0 Å². The normalized spacial score (nSPS) is 10.2. The lowest BCUT2D eigenvalue weighted by molar-refractivity contribution is -0.132. The topological polar surface area (TPSA) is 67.9 Å². The zero-order chi connectivity index (χ0) is 19.8. The summed E-state index contributed by atoms with van der Waals surface area (Å²) in [6, 6.07) is 13.2. The molecule has 0 aliphatic rings. The Labute approximate surface area is 160 Å². The van der Waals surface area contributed by atoms with Gasteiger partial charge in [-0.1, -0.05) is 24.3 Å². The van der Waals surface area contributed by atoms with Crippen molar-refractivity contribution in [2.24, 2.45) is 0 Å². The first-order valence-electron chi connectivity index (χ1n) is 8.76. The molecule has 0 unspecified atom stereocenters. The summed E-state index contributed by atoms with van der Waals surface area (Å²) in [4.78, 5) is 25.9. The summed E-state index contributed by atoms with van der Waals surface area (Å²) in [5, 5.41) is 2.83. The molecule has 0 saturated carbocycles. The Morgan fingerprint density at radius 1 is 1.04 bits per heavy atom. The minimum Gasteiger partial charge on any atom is -0.496 e. The molecule has 0 aromatic heterocycles. The summed E-state index contributed by atoms with van der Waals surface area (Å²) in [6.07, 6.45) is 0.602. The summed E-state index contributed by atoms with van der Waals surface area (Å²) in [5.41, 5.74) is 2.59. The fraction of sp³-hybridized carbons (Fsp3) is 0.333. The highest BCUT2D eigenvalue weighted by Gasteiger charge is 2.16. The van der Waals surface area contributed by atoms with Crippen LogP contribution in [0.4, 0.5) is 5.69 Å². The maximum absolute atomic E-state index is 12.5. The first kappa shape index (κ1) is 20.3. The van der Waals surface area contributed by atoms with E-state index in [1.807, 2.05) is 43.3 Å². The summed E-state index contributed by atoms with van der Waals surface area (Å²) in [7, 11) is 3.17. The zero-order valence-electron chi connectivity index (χ0n) is 16.2. The van der Waals surface area contributed by atoms with Crippen LogP contribution in [0.25, 0.3) is 0 Å². The van der Waals surface area contributed by atoms with Crippen LogP contribution in [0.3, 0.4) is 0 Å². The number of anilines is 1. The molecule has 0 atom stereocenters. The van der Waals surface area contributed by atoms with Crippen LogP contribution in [0, 0.1) is 6.92 Å². The second-order valence-corrected chi connectivity index (χ2v) is 6.25. The van der Waals surface area contributed by atoms with Crippen molar-refractivity contribution >= 4 is 17.5 Å². The van der Waals surface area contributed by atoms with Crippen molar-refractivity contribution in [3.8, 4) is 11.5 Å². The number of hydrogen-bond acceptors (Lipinski definition) is 4. The number of nitrogens with one attached hydrogen (secondary N) is 1. The molecule has 0 bridgehead atoms. The van der Waals surface area contributed by atoms with E-state index in [1.165, 1.54) is 11.8 Å². The molecule has 2 aromatic carbocycles. The van der Waals surface area contributed by atoms with Crippen LogP contribution in [0.1, 0.15) is 18.1 Å². The number of para-hydroxylation sites is 1. The maximum atomic E-state index is 12.5. The predicted molar refractivity (Wildman–Crippen MR) is 105 cm³/mol. The number of carbonyl (C=O) groups is 2. The van der Waals surface area contributed by atoms with Gasteiger partial charge in [-0.05, 0) is 42.7 Å². The van der Waals surface area contributed by atoms with Crippen LogP contribution < -0.4 is 14.8 Å². The third kappa shape index (κ3) is 5.74. The smallest absolute Gasteiger partial charge is 0.244 e. The third-order valence-electron chi connectivity index (χ3n) is 4.25. The van der Waals surface area contributed by atoms with Crippen molar-refractivity contribution in [1.29, 1.82) is 0 Å². The quantitative estimate of drug-likeness (QED) is 0.776. The van der Waals surface area contributed by atoms with Gasteiger partial charge >= 0.3 is 0 Å². The Kier molecular flexibility index (Phi) is 7.23. The molecule has 0 heterocycles. The van der Waals surface area contributed by atoms with Crippen molar-refractivity contribution in [2.75, 3.05) is 32.6 Å². The van der Waals surface area contributed by atoms with Crippen LogP contribution in [0.2, 0.25) is 0 Å². The number of ether oxygens (including phenoxy) is 2. The van der Waals surface area contributed by atoms with Gasteiger partial charge in [0.1, 0.15) is 11.5 Å².